The van der Waals surface area contributed by atoms with E-state index in [4.69, 9.17) is 0 Å². The summed E-state index contributed by atoms with van der Waals surface area (Å²) in [4.78, 5) is 0. The van der Waals surface area contributed by atoms with E-state index in [-0.39, 0.29) is 0 Å². The molecule has 0 aliphatic carbocycles. The average Bonchev–Trinajstić information content (AvgIpc) is 3.65. The monoisotopic (exact) mass is 639 g/mol. The molecule has 0 spiro atoms. The highest BCUT2D eigenvalue weighted by Gasteiger charge is 2.21. The van der Waals surface area contributed by atoms with Crippen molar-refractivity contribution in [2.45, 2.75) is 13.8 Å². The van der Waals surface area contributed by atoms with Gasteiger partial charge in [-0.15, -0.1) is 0 Å². The van der Waals surface area contributed by atoms with E-state index >= 15 is 0 Å². The Balaban J connectivity index is 1.36. The third kappa shape index (κ3) is 4.68. The van der Waals surface area contributed by atoms with Gasteiger partial charge in [0.15, 0.2) is 0 Å². The first-order valence-electron chi connectivity index (χ1n) is 16.4. The van der Waals surface area contributed by atoms with E-state index in [0.717, 1.165) is 66.6 Å². The molecular weight excluding hydrogens is 611 g/mol. The summed E-state index contributed by atoms with van der Waals surface area (Å²) in [6, 6.07) is 49.3. The van der Waals surface area contributed by atoms with Crippen molar-refractivity contribution in [3.63, 3.8) is 0 Å². The molecule has 0 saturated heterocycles. The number of fused-ring (bicyclic) bond motifs is 4. The number of para-hydroxylation sites is 2. The van der Waals surface area contributed by atoms with Gasteiger partial charge in [0.05, 0.1) is 51.1 Å². The second-order valence-electron chi connectivity index (χ2n) is 12.3. The van der Waals surface area contributed by atoms with Crippen molar-refractivity contribution in [1.29, 1.82) is 15.8 Å². The maximum absolute atomic E-state index is 10.8. The zero-order chi connectivity index (χ0) is 34.4. The second kappa shape index (κ2) is 12.1. The van der Waals surface area contributed by atoms with Gasteiger partial charge in [0, 0.05) is 44.2 Å². The minimum atomic E-state index is 0.499. The highest BCUT2D eigenvalue weighted by molar-refractivity contribution is 6.10. The van der Waals surface area contributed by atoms with Crippen molar-refractivity contribution in [3.8, 4) is 51.8 Å². The standard InChI is InChI=1S/C45H29N5/c1-3-10-41-29(2)34-13-4-6-17-42(34)49(41)33-12-8-11-32(25-33)35-15-9-16-36(40(35)28-48)38-23-30(26-46)19-21-44(38)50-43-18-7-5-14-37(43)39-24-31(27-47)20-22-45(39)50/h3-25H,1-2H3/b10-3-. The predicted molar refractivity (Wildman–Crippen MR) is 202 cm³/mol. The van der Waals surface area contributed by atoms with Gasteiger partial charge in [-0.1, -0.05) is 72.8 Å². The fourth-order valence-electron chi connectivity index (χ4n) is 7.33. The molecule has 0 bridgehead atoms. The molecule has 2 heterocycles. The first kappa shape index (κ1) is 30.2. The third-order valence-electron chi connectivity index (χ3n) is 9.55. The Hall–Kier alpha value is -7.13. The quantitative estimate of drug-likeness (QED) is 0.188. The highest BCUT2D eigenvalue weighted by atomic mass is 15.0. The molecule has 5 nitrogen and oxygen atoms in total. The Morgan fingerprint density at radius 1 is 0.540 bits per heavy atom. The zero-order valence-corrected chi connectivity index (χ0v) is 27.5. The average molecular weight is 640 g/mol. The summed E-state index contributed by atoms with van der Waals surface area (Å²) in [6.07, 6.45) is 4.20. The summed E-state index contributed by atoms with van der Waals surface area (Å²) in [5, 5.41) is 33.7. The van der Waals surface area contributed by atoms with Crippen LogP contribution in [0, 0.1) is 40.9 Å². The Morgan fingerprint density at radius 2 is 1.20 bits per heavy atom. The lowest BCUT2D eigenvalue weighted by atomic mass is 9.90. The van der Waals surface area contributed by atoms with Crippen molar-refractivity contribution < 1.29 is 0 Å². The number of aromatic nitrogens is 2. The number of hydrogen-bond donors (Lipinski definition) is 0. The van der Waals surface area contributed by atoms with Crippen molar-refractivity contribution >= 4 is 38.8 Å². The molecule has 50 heavy (non-hydrogen) atoms. The highest BCUT2D eigenvalue weighted by Crippen LogP contribution is 2.40. The Morgan fingerprint density at radius 3 is 1.96 bits per heavy atom. The molecule has 0 atom stereocenters. The van der Waals surface area contributed by atoms with Gasteiger partial charge in [0.2, 0.25) is 0 Å². The SMILES string of the molecule is C/C=C\c1c(C)c2ccccc2n1-c1cccc(-c2cccc(-c3cc(C#N)ccc3-n3c4ccccc4c4cc(C#N)ccc43)c2C#N)c1. The summed E-state index contributed by atoms with van der Waals surface area (Å²) in [6.45, 7) is 4.18. The molecule has 0 unspecified atom stereocenters. The number of benzene rings is 6. The molecule has 0 amide bonds. The van der Waals surface area contributed by atoms with Gasteiger partial charge >= 0.3 is 0 Å². The molecular formula is C45H29N5. The van der Waals surface area contributed by atoms with E-state index in [1.807, 2.05) is 85.8 Å². The van der Waals surface area contributed by atoms with Crippen LogP contribution in [-0.4, -0.2) is 9.13 Å². The Bertz CT molecular complexity index is 2820. The van der Waals surface area contributed by atoms with Crippen LogP contribution in [-0.2, 0) is 0 Å². The molecule has 8 rings (SSSR count). The van der Waals surface area contributed by atoms with Crippen LogP contribution in [0.25, 0.3) is 72.4 Å². The third-order valence-corrected chi connectivity index (χ3v) is 9.55. The number of aryl methyl sites for hydroxylation is 1. The first-order valence-corrected chi connectivity index (χ1v) is 16.4. The molecule has 0 N–H and O–H groups in total. The van der Waals surface area contributed by atoms with Gasteiger partial charge in [-0.2, -0.15) is 15.8 Å². The van der Waals surface area contributed by atoms with Crippen LogP contribution in [0.4, 0.5) is 0 Å². The van der Waals surface area contributed by atoms with E-state index in [2.05, 4.69) is 94.9 Å². The van der Waals surface area contributed by atoms with Gasteiger partial charge in [-0.05, 0) is 91.7 Å². The minimum Gasteiger partial charge on any atom is -0.310 e. The van der Waals surface area contributed by atoms with Crippen LogP contribution in [0.1, 0.15) is 34.9 Å². The Kier molecular flexibility index (Phi) is 7.34. The van der Waals surface area contributed by atoms with Crippen molar-refractivity contribution in [3.05, 3.63) is 161 Å². The lowest BCUT2D eigenvalue weighted by Crippen LogP contribution is -2.00. The number of hydrogen-bond acceptors (Lipinski definition) is 3. The molecule has 6 aromatic carbocycles. The van der Waals surface area contributed by atoms with Crippen molar-refractivity contribution in [1.82, 2.24) is 9.13 Å². The van der Waals surface area contributed by atoms with E-state index in [1.165, 1.54) is 10.9 Å². The van der Waals surface area contributed by atoms with Crippen LogP contribution in [0.3, 0.4) is 0 Å². The molecule has 5 heteroatoms. The molecule has 0 saturated carbocycles. The van der Waals surface area contributed by atoms with E-state index in [1.54, 1.807) is 0 Å². The predicted octanol–water partition coefficient (Wildman–Crippen LogP) is 11.0. The topological polar surface area (TPSA) is 81.2 Å². The van der Waals surface area contributed by atoms with Gasteiger partial charge < -0.3 is 9.13 Å². The minimum absolute atomic E-state index is 0.499. The van der Waals surface area contributed by atoms with Crippen molar-refractivity contribution in [2.75, 3.05) is 0 Å². The zero-order valence-electron chi connectivity index (χ0n) is 27.5. The Labute approximate surface area is 290 Å². The maximum Gasteiger partial charge on any atom is 0.100 e. The molecule has 2 aromatic heterocycles. The first-order chi connectivity index (χ1) is 24.6. The van der Waals surface area contributed by atoms with Gasteiger partial charge in [0.25, 0.3) is 0 Å². The van der Waals surface area contributed by atoms with Crippen LogP contribution >= 0.6 is 0 Å². The van der Waals surface area contributed by atoms with E-state index in [9.17, 15) is 15.8 Å². The number of nitrogens with zero attached hydrogens (tertiary/aromatic N) is 5. The second-order valence-corrected chi connectivity index (χ2v) is 12.3. The lowest BCUT2D eigenvalue weighted by molar-refractivity contribution is 1.10. The van der Waals surface area contributed by atoms with Crippen molar-refractivity contribution in [2.24, 2.45) is 0 Å². The molecule has 0 aliphatic heterocycles. The summed E-state index contributed by atoms with van der Waals surface area (Å²) < 4.78 is 4.44. The largest absolute Gasteiger partial charge is 0.310 e. The summed E-state index contributed by atoms with van der Waals surface area (Å²) in [5.74, 6) is 0. The van der Waals surface area contributed by atoms with E-state index in [0.29, 0.717) is 16.7 Å². The summed E-state index contributed by atoms with van der Waals surface area (Å²) >= 11 is 0. The van der Waals surface area contributed by atoms with Crippen LogP contribution < -0.4 is 0 Å². The number of rotatable bonds is 5. The van der Waals surface area contributed by atoms with Crippen LogP contribution in [0.2, 0.25) is 0 Å². The molecule has 0 radical (unpaired) electrons. The lowest BCUT2D eigenvalue weighted by Gasteiger charge is -2.17. The summed E-state index contributed by atoms with van der Waals surface area (Å²) in [7, 11) is 0. The smallest absolute Gasteiger partial charge is 0.100 e. The molecule has 0 fully saturated rings. The fourth-order valence-corrected chi connectivity index (χ4v) is 7.33. The van der Waals surface area contributed by atoms with Crippen LogP contribution in [0.15, 0.2) is 133 Å². The van der Waals surface area contributed by atoms with Gasteiger partial charge in [0.1, 0.15) is 6.07 Å². The molecule has 8 aromatic rings. The number of allylic oxidation sites excluding steroid dienone is 1. The normalized spacial score (nSPS) is 11.3. The fraction of sp³-hybridized carbons (Fsp3) is 0.0444. The van der Waals surface area contributed by atoms with Crippen LogP contribution in [0.5, 0.6) is 0 Å². The number of nitriles is 3. The summed E-state index contributed by atoms with van der Waals surface area (Å²) in [5.41, 5.74) is 12.0. The van der Waals surface area contributed by atoms with E-state index < -0.39 is 0 Å². The molecule has 0 aliphatic rings. The molecule has 234 valence electrons. The van der Waals surface area contributed by atoms with Gasteiger partial charge in [-0.3, -0.25) is 0 Å². The maximum atomic E-state index is 10.8. The van der Waals surface area contributed by atoms with Gasteiger partial charge in [-0.25, -0.2) is 0 Å².